The molecule has 4 heteroatoms. The first-order valence-electron chi connectivity index (χ1n) is 5.22. The monoisotopic (exact) mass is 407 g/mol. The van der Waals surface area contributed by atoms with Gasteiger partial charge in [0.15, 0.2) is 0 Å². The van der Waals surface area contributed by atoms with E-state index in [1.54, 1.807) is 0 Å². The van der Waals surface area contributed by atoms with Crippen molar-refractivity contribution in [1.29, 1.82) is 0 Å². The van der Waals surface area contributed by atoms with Crippen LogP contribution < -0.4 is 0 Å². The van der Waals surface area contributed by atoms with Crippen LogP contribution in [0.5, 0.6) is 0 Å². The van der Waals surface area contributed by atoms with Crippen molar-refractivity contribution < 1.29 is 1.43 Å². The van der Waals surface area contributed by atoms with Crippen LogP contribution in [0.3, 0.4) is 0 Å². The summed E-state index contributed by atoms with van der Waals surface area (Å²) in [7, 11) is 0. The molecule has 0 aromatic carbocycles. The number of rotatable bonds is 3. The molecule has 0 amide bonds. The third-order valence-electron chi connectivity index (χ3n) is 2.51. The summed E-state index contributed by atoms with van der Waals surface area (Å²) in [5.41, 5.74) is 0. The minimum atomic E-state index is -2.24. The van der Waals surface area contributed by atoms with E-state index in [0.29, 0.717) is 0 Å². The molecular weight excluding hydrogens is 393 g/mol. The molecule has 0 aliphatic rings. The number of aromatic nitrogens is 3. The van der Waals surface area contributed by atoms with Crippen LogP contribution in [0.1, 0.15) is 1.43 Å². The molecule has 0 atom stereocenters. The van der Waals surface area contributed by atoms with Gasteiger partial charge in [-0.05, 0) is 0 Å². The maximum atomic E-state index is 2.38. The van der Waals surface area contributed by atoms with E-state index < -0.39 is 23.6 Å². The fourth-order valence-electron chi connectivity index (χ4n) is 1.80. The minimum absolute atomic E-state index is 0. The van der Waals surface area contributed by atoms with E-state index in [1.807, 2.05) is 0 Å². The van der Waals surface area contributed by atoms with Crippen LogP contribution in [-0.4, -0.2) is 30.7 Å². The zero-order chi connectivity index (χ0) is 10.8. The van der Waals surface area contributed by atoms with Gasteiger partial charge >= 0.3 is 104 Å². The second kappa shape index (κ2) is 4.33. The quantitative estimate of drug-likeness (QED) is 0.592. The normalized spacial score (nSPS) is 11.1. The zero-order valence-corrected chi connectivity index (χ0v) is 12.7. The van der Waals surface area contributed by atoms with Crippen molar-refractivity contribution >= 4 is 23.6 Å². The molecule has 3 rings (SSSR count). The van der Waals surface area contributed by atoms with Gasteiger partial charge in [0.1, 0.15) is 0 Å². The van der Waals surface area contributed by atoms with Crippen molar-refractivity contribution in [3.05, 3.63) is 73.6 Å². The molecule has 0 bridgehead atoms. The molecule has 0 aliphatic carbocycles. The molecular formula is C12H13N3Pb-. The Bertz CT molecular complexity index is 447. The van der Waals surface area contributed by atoms with Crippen molar-refractivity contribution in [2.45, 2.75) is 0 Å². The Kier molecular flexibility index (Phi) is 2.69. The van der Waals surface area contributed by atoms with Gasteiger partial charge in [0.25, 0.3) is 0 Å². The van der Waals surface area contributed by atoms with E-state index >= 15 is 0 Å². The topological polar surface area (TPSA) is 14.8 Å². The van der Waals surface area contributed by atoms with Crippen LogP contribution in [-0.2, 0) is 0 Å². The van der Waals surface area contributed by atoms with Gasteiger partial charge in [-0.3, -0.25) is 0 Å². The molecule has 3 nitrogen and oxygen atoms in total. The van der Waals surface area contributed by atoms with Gasteiger partial charge in [0.2, 0.25) is 0 Å². The second-order valence-corrected chi connectivity index (χ2v) is 11.9. The summed E-state index contributed by atoms with van der Waals surface area (Å²) in [6, 6.07) is 12.6. The summed E-state index contributed by atoms with van der Waals surface area (Å²) >= 11 is -2.24. The molecule has 0 aliphatic heterocycles. The fraction of sp³-hybridized carbons (Fsp3) is 0. The van der Waals surface area contributed by atoms with E-state index in [4.69, 9.17) is 0 Å². The summed E-state index contributed by atoms with van der Waals surface area (Å²) < 4.78 is 7.14. The molecule has 16 heavy (non-hydrogen) atoms. The number of hydrogen-bond acceptors (Lipinski definition) is 0. The Morgan fingerprint density at radius 1 is 0.500 bits per heavy atom. The van der Waals surface area contributed by atoms with Crippen LogP contribution in [0.25, 0.3) is 0 Å². The van der Waals surface area contributed by atoms with Gasteiger partial charge in [0.05, 0.1) is 0 Å². The van der Waals surface area contributed by atoms with Crippen LogP contribution in [0.4, 0.5) is 0 Å². The molecule has 0 saturated heterocycles. The number of nitrogens with zero attached hydrogens (tertiary/aromatic N) is 3. The number of hydrogen-bond donors (Lipinski definition) is 0. The molecule has 0 spiro atoms. The van der Waals surface area contributed by atoms with Gasteiger partial charge in [0, 0.05) is 0 Å². The molecule has 0 N–H and O–H groups in total. The predicted octanol–water partition coefficient (Wildman–Crippen LogP) is 2.13. The first-order valence-corrected chi connectivity index (χ1v) is 10.4. The molecule has 3 aromatic rings. The Morgan fingerprint density at radius 2 is 0.750 bits per heavy atom. The summed E-state index contributed by atoms with van der Waals surface area (Å²) in [5, 5.41) is 0. The zero-order valence-electron chi connectivity index (χ0n) is 9.77. The fourth-order valence-corrected chi connectivity index (χ4v) is 10.0. The molecule has 81 valence electrons. The predicted molar refractivity (Wildman–Crippen MR) is 66.4 cm³/mol. The van der Waals surface area contributed by atoms with Gasteiger partial charge in [-0.15, -0.1) is 0 Å². The van der Waals surface area contributed by atoms with Gasteiger partial charge in [-0.1, -0.05) is 0 Å². The Morgan fingerprint density at radius 3 is 1.00 bits per heavy atom. The molecule has 3 aromatic heterocycles. The van der Waals surface area contributed by atoms with Crippen molar-refractivity contribution in [3.8, 4) is 0 Å². The van der Waals surface area contributed by atoms with E-state index in [2.05, 4.69) is 80.7 Å². The molecule has 0 unspecified atom stereocenters. The first-order chi connectivity index (χ1) is 7.95. The maximum absolute atomic E-state index is 2.38. The SMILES string of the molecule is [H-].c1cc[n]([Pb]([n]2cccc2)[n]2cccc2)c1. The van der Waals surface area contributed by atoms with Crippen molar-refractivity contribution in [3.63, 3.8) is 0 Å². The Balaban J connectivity index is 0.00000108. The Hall–Kier alpha value is -1.24. The van der Waals surface area contributed by atoms with Crippen LogP contribution in [0.2, 0.25) is 0 Å². The third-order valence-corrected chi connectivity index (χ3v) is 11.4. The molecule has 3 heterocycles. The van der Waals surface area contributed by atoms with Crippen molar-refractivity contribution in [2.75, 3.05) is 0 Å². The summed E-state index contributed by atoms with van der Waals surface area (Å²) in [5.74, 6) is 0. The van der Waals surface area contributed by atoms with Crippen LogP contribution in [0, 0.1) is 0 Å². The van der Waals surface area contributed by atoms with E-state index in [9.17, 15) is 0 Å². The van der Waals surface area contributed by atoms with Crippen molar-refractivity contribution in [1.82, 2.24) is 7.13 Å². The summed E-state index contributed by atoms with van der Waals surface area (Å²) in [6.45, 7) is 0. The average Bonchev–Trinajstić information content (AvgIpc) is 3.02. The molecule has 0 fully saturated rings. The second-order valence-electron chi connectivity index (χ2n) is 3.57. The van der Waals surface area contributed by atoms with E-state index in [-0.39, 0.29) is 1.43 Å². The summed E-state index contributed by atoms with van der Waals surface area (Å²) in [6.07, 6.45) is 13.0. The van der Waals surface area contributed by atoms with Gasteiger partial charge in [-0.2, -0.15) is 0 Å². The van der Waals surface area contributed by atoms with E-state index in [1.165, 1.54) is 0 Å². The summed E-state index contributed by atoms with van der Waals surface area (Å²) in [4.78, 5) is 0. The van der Waals surface area contributed by atoms with Crippen LogP contribution >= 0.6 is 0 Å². The molecule has 0 saturated carbocycles. The van der Waals surface area contributed by atoms with Crippen molar-refractivity contribution in [2.24, 2.45) is 0 Å². The Labute approximate surface area is 105 Å². The van der Waals surface area contributed by atoms with Gasteiger partial charge in [-0.25, -0.2) is 0 Å². The average molecular weight is 406 g/mol. The first kappa shape index (κ1) is 9.95. The standard InChI is InChI=1S/3C4H4N.Pb.H/c3*1-2-4-5-3-1;;/h3*1-4H;;/q3*-1;+3;-1. The van der Waals surface area contributed by atoms with Crippen LogP contribution in [0.15, 0.2) is 73.6 Å². The van der Waals surface area contributed by atoms with E-state index in [0.717, 1.165) is 0 Å². The van der Waals surface area contributed by atoms with Gasteiger partial charge < -0.3 is 1.43 Å². The third kappa shape index (κ3) is 1.75. The molecule has 1 radical (unpaired) electrons.